The predicted octanol–water partition coefficient (Wildman–Crippen LogP) is 3.83. The van der Waals surface area contributed by atoms with Gasteiger partial charge in [0.15, 0.2) is 11.5 Å². The van der Waals surface area contributed by atoms with Crippen molar-refractivity contribution >= 4 is 17.7 Å². The van der Waals surface area contributed by atoms with Gasteiger partial charge in [-0.2, -0.15) is 0 Å². The molecule has 5 heteroatoms. The standard InChI is InChI=1S/C24H28N2O3/c1-18-5-3-6-21(19(18)2)25-11-13-26(14-12-25)24(27)10-8-20-7-9-22-23(17-20)29-16-4-15-28-22/h3,5-10,17H,4,11-16H2,1-2H3. The van der Waals surface area contributed by atoms with Gasteiger partial charge >= 0.3 is 0 Å². The minimum absolute atomic E-state index is 0.0534. The summed E-state index contributed by atoms with van der Waals surface area (Å²) in [6.07, 6.45) is 4.40. The Bertz CT molecular complexity index is 914. The molecule has 0 aliphatic carbocycles. The fourth-order valence-corrected chi connectivity index (χ4v) is 3.80. The van der Waals surface area contributed by atoms with Crippen LogP contribution in [0.15, 0.2) is 42.5 Å². The molecule has 2 aromatic rings. The van der Waals surface area contributed by atoms with Crippen molar-refractivity contribution in [2.24, 2.45) is 0 Å². The van der Waals surface area contributed by atoms with E-state index in [0.29, 0.717) is 13.2 Å². The van der Waals surface area contributed by atoms with Crippen LogP contribution in [0.1, 0.15) is 23.1 Å². The molecule has 1 saturated heterocycles. The van der Waals surface area contributed by atoms with Gasteiger partial charge in [0.2, 0.25) is 5.91 Å². The zero-order chi connectivity index (χ0) is 20.2. The average molecular weight is 392 g/mol. The first kappa shape index (κ1) is 19.4. The Balaban J connectivity index is 1.36. The Hall–Kier alpha value is -2.95. The molecule has 2 heterocycles. The molecular formula is C24H28N2O3. The summed E-state index contributed by atoms with van der Waals surface area (Å²) < 4.78 is 11.4. The van der Waals surface area contributed by atoms with Crippen LogP contribution >= 0.6 is 0 Å². The number of hydrogen-bond acceptors (Lipinski definition) is 4. The molecule has 1 amide bonds. The van der Waals surface area contributed by atoms with Gasteiger partial charge in [0.25, 0.3) is 0 Å². The van der Waals surface area contributed by atoms with Crippen LogP contribution in [0.4, 0.5) is 5.69 Å². The number of carbonyl (C=O) groups is 1. The van der Waals surface area contributed by atoms with Crippen molar-refractivity contribution in [1.82, 2.24) is 4.90 Å². The number of aryl methyl sites for hydroxylation is 1. The largest absolute Gasteiger partial charge is 0.490 e. The summed E-state index contributed by atoms with van der Waals surface area (Å²) in [6.45, 7) is 8.82. The maximum absolute atomic E-state index is 12.6. The lowest BCUT2D eigenvalue weighted by molar-refractivity contribution is -0.126. The number of rotatable bonds is 3. The van der Waals surface area contributed by atoms with Gasteiger partial charge in [0.05, 0.1) is 13.2 Å². The molecule has 0 N–H and O–H groups in total. The minimum Gasteiger partial charge on any atom is -0.490 e. The van der Waals surface area contributed by atoms with Crippen LogP contribution < -0.4 is 14.4 Å². The second-order valence-electron chi connectivity index (χ2n) is 7.62. The van der Waals surface area contributed by atoms with Crippen LogP contribution in [0.5, 0.6) is 11.5 Å². The van der Waals surface area contributed by atoms with E-state index in [1.165, 1.54) is 16.8 Å². The van der Waals surface area contributed by atoms with Gasteiger partial charge in [0, 0.05) is 44.4 Å². The molecule has 152 valence electrons. The molecule has 0 radical (unpaired) electrons. The summed E-state index contributed by atoms with van der Waals surface area (Å²) in [5, 5.41) is 0. The molecule has 0 saturated carbocycles. The Morgan fingerprint density at radius 3 is 2.52 bits per heavy atom. The van der Waals surface area contributed by atoms with Gasteiger partial charge < -0.3 is 19.3 Å². The number of nitrogens with zero attached hydrogens (tertiary/aromatic N) is 2. The first-order chi connectivity index (χ1) is 14.1. The highest BCUT2D eigenvalue weighted by atomic mass is 16.5. The smallest absolute Gasteiger partial charge is 0.246 e. The van der Waals surface area contributed by atoms with Crippen LogP contribution in [-0.2, 0) is 4.79 Å². The zero-order valence-electron chi connectivity index (χ0n) is 17.2. The third kappa shape index (κ3) is 4.39. The summed E-state index contributed by atoms with van der Waals surface area (Å²) in [4.78, 5) is 16.9. The van der Waals surface area contributed by atoms with E-state index in [2.05, 4.69) is 36.9 Å². The number of amides is 1. The summed E-state index contributed by atoms with van der Waals surface area (Å²) in [5.74, 6) is 1.57. The predicted molar refractivity (Wildman–Crippen MR) is 116 cm³/mol. The second-order valence-corrected chi connectivity index (χ2v) is 7.62. The van der Waals surface area contributed by atoms with Crippen molar-refractivity contribution in [3.05, 3.63) is 59.2 Å². The molecule has 29 heavy (non-hydrogen) atoms. The van der Waals surface area contributed by atoms with Crippen LogP contribution in [0.25, 0.3) is 6.08 Å². The van der Waals surface area contributed by atoms with Crippen LogP contribution in [0, 0.1) is 13.8 Å². The number of anilines is 1. The lowest BCUT2D eigenvalue weighted by atomic mass is 10.1. The highest BCUT2D eigenvalue weighted by molar-refractivity contribution is 5.92. The van der Waals surface area contributed by atoms with Crippen molar-refractivity contribution in [2.75, 3.05) is 44.3 Å². The highest BCUT2D eigenvalue weighted by Gasteiger charge is 2.21. The average Bonchev–Trinajstić information content (AvgIpc) is 2.99. The fraction of sp³-hybridized carbons (Fsp3) is 0.375. The van der Waals surface area contributed by atoms with E-state index in [0.717, 1.165) is 49.7 Å². The summed E-state index contributed by atoms with van der Waals surface area (Å²) in [6, 6.07) is 12.2. The quantitative estimate of drug-likeness (QED) is 0.745. The SMILES string of the molecule is Cc1cccc(N2CCN(C(=O)C=Cc3ccc4c(c3)OCCCO4)CC2)c1C. The van der Waals surface area contributed by atoms with Crippen LogP contribution in [0.3, 0.4) is 0 Å². The van der Waals surface area contributed by atoms with Crippen molar-refractivity contribution in [2.45, 2.75) is 20.3 Å². The number of ether oxygens (including phenoxy) is 2. The first-order valence-electron chi connectivity index (χ1n) is 10.3. The van der Waals surface area contributed by atoms with Gasteiger partial charge in [-0.1, -0.05) is 18.2 Å². The molecule has 0 unspecified atom stereocenters. The van der Waals surface area contributed by atoms with E-state index in [4.69, 9.17) is 9.47 Å². The molecule has 0 atom stereocenters. The number of fused-ring (bicyclic) bond motifs is 1. The molecule has 5 nitrogen and oxygen atoms in total. The number of hydrogen-bond donors (Lipinski definition) is 0. The van der Waals surface area contributed by atoms with E-state index in [-0.39, 0.29) is 5.91 Å². The Morgan fingerprint density at radius 1 is 0.966 bits per heavy atom. The van der Waals surface area contributed by atoms with Gasteiger partial charge in [0.1, 0.15) is 0 Å². The van der Waals surface area contributed by atoms with Crippen molar-refractivity contribution in [1.29, 1.82) is 0 Å². The first-order valence-corrected chi connectivity index (χ1v) is 10.3. The lowest BCUT2D eigenvalue weighted by Gasteiger charge is -2.36. The highest BCUT2D eigenvalue weighted by Crippen LogP contribution is 2.31. The molecule has 2 aliphatic heterocycles. The maximum atomic E-state index is 12.6. The number of piperazine rings is 1. The maximum Gasteiger partial charge on any atom is 0.246 e. The Kier molecular flexibility index (Phi) is 5.74. The Morgan fingerprint density at radius 2 is 1.72 bits per heavy atom. The molecule has 2 aliphatic rings. The van der Waals surface area contributed by atoms with E-state index in [1.807, 2.05) is 29.2 Å². The van der Waals surface area contributed by atoms with E-state index in [1.54, 1.807) is 6.08 Å². The third-order valence-corrected chi connectivity index (χ3v) is 5.70. The normalized spacial score (nSPS) is 16.8. The summed E-state index contributed by atoms with van der Waals surface area (Å²) >= 11 is 0. The van der Waals surface area contributed by atoms with Gasteiger partial charge in [-0.3, -0.25) is 4.79 Å². The molecule has 0 aromatic heterocycles. The monoisotopic (exact) mass is 392 g/mol. The molecular weight excluding hydrogens is 364 g/mol. The fourth-order valence-electron chi connectivity index (χ4n) is 3.80. The van der Waals surface area contributed by atoms with E-state index < -0.39 is 0 Å². The van der Waals surface area contributed by atoms with Gasteiger partial charge in [-0.05, 0) is 54.8 Å². The molecule has 2 aromatic carbocycles. The lowest BCUT2D eigenvalue weighted by Crippen LogP contribution is -2.48. The molecule has 4 rings (SSSR count). The van der Waals surface area contributed by atoms with Gasteiger partial charge in [-0.15, -0.1) is 0 Å². The number of benzene rings is 2. The van der Waals surface area contributed by atoms with Crippen LogP contribution in [-0.4, -0.2) is 50.2 Å². The second kappa shape index (κ2) is 8.60. The summed E-state index contributed by atoms with van der Waals surface area (Å²) in [7, 11) is 0. The minimum atomic E-state index is 0.0534. The molecule has 0 spiro atoms. The van der Waals surface area contributed by atoms with Crippen molar-refractivity contribution in [3.63, 3.8) is 0 Å². The molecule has 0 bridgehead atoms. The van der Waals surface area contributed by atoms with Crippen LogP contribution in [0.2, 0.25) is 0 Å². The van der Waals surface area contributed by atoms with Gasteiger partial charge in [-0.25, -0.2) is 0 Å². The zero-order valence-corrected chi connectivity index (χ0v) is 17.2. The van der Waals surface area contributed by atoms with E-state index >= 15 is 0 Å². The van der Waals surface area contributed by atoms with Crippen molar-refractivity contribution < 1.29 is 14.3 Å². The number of carbonyl (C=O) groups excluding carboxylic acids is 1. The third-order valence-electron chi connectivity index (χ3n) is 5.70. The van der Waals surface area contributed by atoms with E-state index in [9.17, 15) is 4.79 Å². The Labute approximate surface area is 172 Å². The summed E-state index contributed by atoms with van der Waals surface area (Å²) in [5.41, 5.74) is 4.84. The van der Waals surface area contributed by atoms with Crippen molar-refractivity contribution in [3.8, 4) is 11.5 Å². The molecule has 1 fully saturated rings. The topological polar surface area (TPSA) is 42.0 Å².